The Labute approximate surface area is 274 Å². The highest BCUT2D eigenvalue weighted by molar-refractivity contribution is 5.99. The predicted octanol–water partition coefficient (Wildman–Crippen LogP) is 7.00. The molecular weight excluding hydrogens is 615 g/mol. The second kappa shape index (κ2) is 15.0. The van der Waals surface area contributed by atoms with Crippen molar-refractivity contribution >= 4 is 29.3 Å². The van der Waals surface area contributed by atoms with Gasteiger partial charge in [0.1, 0.15) is 11.4 Å². The van der Waals surface area contributed by atoms with E-state index in [2.05, 4.69) is 5.32 Å². The van der Waals surface area contributed by atoms with Crippen LogP contribution in [0.2, 0.25) is 0 Å². The van der Waals surface area contributed by atoms with Crippen molar-refractivity contribution in [2.24, 2.45) is 11.8 Å². The highest BCUT2D eigenvalue weighted by atomic mass is 19.4. The summed E-state index contributed by atoms with van der Waals surface area (Å²) in [6.45, 7) is 9.50. The molecule has 4 rings (SSSR count). The van der Waals surface area contributed by atoms with Gasteiger partial charge in [-0.2, -0.15) is 13.2 Å². The number of anilines is 2. The number of piperidine rings is 1. The van der Waals surface area contributed by atoms with Gasteiger partial charge in [0, 0.05) is 56.7 Å². The Hall–Kier alpha value is -3.80. The van der Waals surface area contributed by atoms with E-state index >= 15 is 0 Å². The number of halogens is 3. The number of carbonyl (C=O) groups excluding carboxylic acids is 3. The van der Waals surface area contributed by atoms with Crippen LogP contribution < -0.4 is 15.0 Å². The van der Waals surface area contributed by atoms with Crippen LogP contribution in [-0.2, 0) is 31.7 Å². The quantitative estimate of drug-likeness (QED) is 0.261. The van der Waals surface area contributed by atoms with Gasteiger partial charge in [-0.25, -0.2) is 4.79 Å². The molecule has 2 aromatic rings. The van der Waals surface area contributed by atoms with Gasteiger partial charge >= 0.3 is 12.3 Å². The molecule has 12 heteroatoms. The lowest BCUT2D eigenvalue weighted by Crippen LogP contribution is -2.53. The maximum Gasteiger partial charge on any atom is 0.419 e. The second-order valence-corrected chi connectivity index (χ2v) is 13.3. The van der Waals surface area contributed by atoms with Crippen molar-refractivity contribution in [3.63, 3.8) is 0 Å². The van der Waals surface area contributed by atoms with Gasteiger partial charge in [0.15, 0.2) is 0 Å². The molecule has 1 aliphatic carbocycles. The van der Waals surface area contributed by atoms with E-state index in [9.17, 15) is 27.6 Å². The summed E-state index contributed by atoms with van der Waals surface area (Å²) in [6, 6.07) is 9.02. The van der Waals surface area contributed by atoms with Crippen LogP contribution in [0.5, 0.6) is 5.75 Å². The van der Waals surface area contributed by atoms with E-state index in [0.717, 1.165) is 17.2 Å². The fourth-order valence-corrected chi connectivity index (χ4v) is 5.82. The Bertz CT molecular complexity index is 1440. The molecule has 2 aromatic carbocycles. The van der Waals surface area contributed by atoms with Crippen LogP contribution in [0.1, 0.15) is 70.1 Å². The molecule has 1 saturated carbocycles. The summed E-state index contributed by atoms with van der Waals surface area (Å²) in [5.41, 5.74) is 1.11. The summed E-state index contributed by atoms with van der Waals surface area (Å²) in [4.78, 5) is 44.3. The van der Waals surface area contributed by atoms with Crippen LogP contribution >= 0.6 is 0 Å². The molecule has 3 amide bonds. The number of nitrogens with zero attached hydrogens (tertiary/aromatic N) is 2. The SMILES string of the molecule is CCc1cccc(C)c1NC(=O)[C@H]1C[C@@H](C(=O)N(c2ccc(C(F)(F)F)c(OCCCOC)c2)C2CC2)CN(C(=O)OC(C)(C)C)C1. The first-order chi connectivity index (χ1) is 22.1. The molecule has 9 nitrogen and oxygen atoms in total. The Morgan fingerprint density at radius 1 is 1.02 bits per heavy atom. The first-order valence-electron chi connectivity index (χ1n) is 16.2. The molecule has 1 saturated heterocycles. The normalized spacial score (nSPS) is 18.4. The number of ether oxygens (including phenoxy) is 3. The third kappa shape index (κ3) is 9.39. The molecule has 0 spiro atoms. The highest BCUT2D eigenvalue weighted by Crippen LogP contribution is 2.42. The number of benzene rings is 2. The number of rotatable bonds is 11. The molecule has 0 unspecified atom stereocenters. The summed E-state index contributed by atoms with van der Waals surface area (Å²) in [6.07, 6.45) is -2.70. The van der Waals surface area contributed by atoms with Crippen LogP contribution in [-0.4, -0.2) is 67.9 Å². The smallest absolute Gasteiger partial charge is 0.419 e. The molecule has 2 fully saturated rings. The minimum atomic E-state index is -4.66. The predicted molar refractivity (Wildman–Crippen MR) is 173 cm³/mol. The lowest BCUT2D eigenvalue weighted by Gasteiger charge is -2.39. The fraction of sp³-hybridized carbons (Fsp3) is 0.571. The van der Waals surface area contributed by atoms with Gasteiger partial charge in [-0.1, -0.05) is 25.1 Å². The number of amides is 3. The van der Waals surface area contributed by atoms with E-state index in [-0.39, 0.29) is 55.4 Å². The Morgan fingerprint density at radius 2 is 1.72 bits per heavy atom. The molecule has 1 aliphatic heterocycles. The number of hydrogen-bond acceptors (Lipinski definition) is 6. The molecule has 1 heterocycles. The summed E-state index contributed by atoms with van der Waals surface area (Å²) in [5, 5.41) is 3.04. The molecule has 0 radical (unpaired) electrons. The molecular formula is C35H46F3N3O6. The van der Waals surface area contributed by atoms with Crippen LogP contribution in [0.3, 0.4) is 0 Å². The third-order valence-electron chi connectivity index (χ3n) is 8.26. The zero-order chi connectivity index (χ0) is 34.5. The van der Waals surface area contributed by atoms with Crippen LogP contribution in [0.4, 0.5) is 29.3 Å². The lowest BCUT2D eigenvalue weighted by molar-refractivity contribution is -0.139. The standard InChI is InChI=1S/C35H46F3N3O6/c1-7-23-11-8-10-22(2)30(23)39-31(42)24-18-25(21-40(20-24)33(44)47-34(3,4)5)32(43)41(26-12-13-26)27-14-15-28(35(36,37)38)29(19-27)46-17-9-16-45-6/h8,10-11,14-15,19,24-26H,7,9,12-13,16-18,20-21H2,1-6H3,(H,39,42)/t24-,25+/m0/s1. The number of hydrogen-bond donors (Lipinski definition) is 1. The molecule has 1 N–H and O–H groups in total. The van der Waals surface area contributed by atoms with E-state index in [4.69, 9.17) is 14.2 Å². The van der Waals surface area contributed by atoms with Gasteiger partial charge in [-0.15, -0.1) is 0 Å². The van der Waals surface area contributed by atoms with Gasteiger partial charge < -0.3 is 29.3 Å². The molecule has 2 aliphatic rings. The maximum absolute atomic E-state index is 14.3. The van der Waals surface area contributed by atoms with Gasteiger partial charge in [0.25, 0.3) is 0 Å². The van der Waals surface area contributed by atoms with Crippen molar-refractivity contribution in [2.75, 3.05) is 43.6 Å². The lowest BCUT2D eigenvalue weighted by atomic mass is 9.87. The Kier molecular flexibility index (Phi) is 11.5. The summed E-state index contributed by atoms with van der Waals surface area (Å²) >= 11 is 0. The first kappa shape index (κ1) is 36.0. The molecule has 0 aromatic heterocycles. The highest BCUT2D eigenvalue weighted by Gasteiger charge is 2.44. The summed E-state index contributed by atoms with van der Waals surface area (Å²) in [5.74, 6) is -2.59. The topological polar surface area (TPSA) is 97.4 Å². The van der Waals surface area contributed by atoms with Crippen LogP contribution in [0, 0.1) is 18.8 Å². The zero-order valence-corrected chi connectivity index (χ0v) is 28.0. The van der Waals surface area contributed by atoms with E-state index in [1.54, 1.807) is 20.8 Å². The number of aryl methyl sites for hydroxylation is 2. The van der Waals surface area contributed by atoms with Gasteiger partial charge in [-0.05, 0) is 76.6 Å². The average molecular weight is 662 g/mol. The first-order valence-corrected chi connectivity index (χ1v) is 16.2. The molecule has 2 atom stereocenters. The number of carbonyl (C=O) groups is 3. The van der Waals surface area contributed by atoms with E-state index in [1.165, 1.54) is 29.0 Å². The van der Waals surface area contributed by atoms with Crippen molar-refractivity contribution in [1.82, 2.24) is 4.90 Å². The second-order valence-electron chi connectivity index (χ2n) is 13.3. The maximum atomic E-state index is 14.3. The van der Waals surface area contributed by atoms with Gasteiger partial charge in [0.05, 0.1) is 24.0 Å². The molecule has 0 bridgehead atoms. The van der Waals surface area contributed by atoms with Crippen molar-refractivity contribution in [3.05, 3.63) is 53.1 Å². The summed E-state index contributed by atoms with van der Waals surface area (Å²) < 4.78 is 57.8. The van der Waals surface area contributed by atoms with Crippen LogP contribution in [0.25, 0.3) is 0 Å². The zero-order valence-electron chi connectivity index (χ0n) is 28.0. The third-order valence-corrected chi connectivity index (χ3v) is 8.26. The van der Waals surface area contributed by atoms with E-state index in [0.29, 0.717) is 38.0 Å². The average Bonchev–Trinajstić information content (AvgIpc) is 3.84. The van der Waals surface area contributed by atoms with Crippen LogP contribution in [0.15, 0.2) is 36.4 Å². The largest absolute Gasteiger partial charge is 0.493 e. The molecule has 258 valence electrons. The Morgan fingerprint density at radius 3 is 2.34 bits per heavy atom. The minimum Gasteiger partial charge on any atom is -0.493 e. The van der Waals surface area contributed by atoms with Crippen molar-refractivity contribution < 1.29 is 41.8 Å². The van der Waals surface area contributed by atoms with E-state index in [1.807, 2.05) is 32.0 Å². The molecule has 47 heavy (non-hydrogen) atoms. The number of alkyl halides is 3. The summed E-state index contributed by atoms with van der Waals surface area (Å²) in [7, 11) is 1.50. The monoisotopic (exact) mass is 661 g/mol. The Balaban J connectivity index is 1.65. The number of nitrogens with one attached hydrogen (secondary N) is 1. The van der Waals surface area contributed by atoms with E-state index < -0.39 is 35.3 Å². The number of para-hydroxylation sites is 1. The minimum absolute atomic E-state index is 0.00263. The van der Waals surface area contributed by atoms with Crippen molar-refractivity contribution in [3.8, 4) is 5.75 Å². The number of likely N-dealkylation sites (tertiary alicyclic amines) is 1. The van der Waals surface area contributed by atoms with Crippen molar-refractivity contribution in [1.29, 1.82) is 0 Å². The van der Waals surface area contributed by atoms with Crippen molar-refractivity contribution in [2.45, 2.75) is 84.5 Å². The number of methoxy groups -OCH3 is 1. The fourth-order valence-electron chi connectivity index (χ4n) is 5.82. The van der Waals surface area contributed by atoms with Gasteiger partial charge in [-0.3, -0.25) is 9.59 Å². The van der Waals surface area contributed by atoms with Gasteiger partial charge in [0.2, 0.25) is 11.8 Å².